The van der Waals surface area contributed by atoms with Crippen molar-refractivity contribution in [3.8, 4) is 5.75 Å². The zero-order chi connectivity index (χ0) is 17.6. The number of carbonyl (C=O) groups excluding carboxylic acids is 1. The van der Waals surface area contributed by atoms with E-state index in [-0.39, 0.29) is 5.91 Å². The molecule has 0 aliphatic rings. The molecule has 1 aromatic heterocycles. The molecule has 1 heterocycles. The Morgan fingerprint density at radius 2 is 2.08 bits per heavy atom. The molecule has 0 saturated carbocycles. The maximum Gasteiger partial charge on any atom is 0.221 e. The van der Waals surface area contributed by atoms with E-state index in [2.05, 4.69) is 35.5 Å². The third kappa shape index (κ3) is 4.18. The van der Waals surface area contributed by atoms with Crippen LogP contribution in [0.1, 0.15) is 17.5 Å². The van der Waals surface area contributed by atoms with E-state index < -0.39 is 0 Å². The van der Waals surface area contributed by atoms with Crippen molar-refractivity contribution in [1.29, 1.82) is 0 Å². The molecule has 5 heteroatoms. The fourth-order valence-electron chi connectivity index (χ4n) is 2.90. The zero-order valence-corrected chi connectivity index (χ0v) is 14.7. The first kappa shape index (κ1) is 17.0. The molecule has 0 atom stereocenters. The van der Waals surface area contributed by atoms with Gasteiger partial charge >= 0.3 is 0 Å². The highest BCUT2D eigenvalue weighted by Gasteiger charge is 2.07. The molecule has 3 rings (SSSR count). The fraction of sp³-hybridized carbons (Fsp3) is 0.300. The molecule has 0 fully saturated rings. The highest BCUT2D eigenvalue weighted by atomic mass is 16.5. The van der Waals surface area contributed by atoms with Crippen LogP contribution < -0.4 is 10.1 Å². The van der Waals surface area contributed by atoms with Crippen molar-refractivity contribution in [2.75, 3.05) is 13.7 Å². The SMILES string of the molecule is COc1ccccc1CCNC(=O)CCn1ncc2ccc(C)cc21. The van der Waals surface area contributed by atoms with Crippen molar-refractivity contribution in [2.45, 2.75) is 26.3 Å². The summed E-state index contributed by atoms with van der Waals surface area (Å²) < 4.78 is 7.22. The molecule has 0 aliphatic heterocycles. The number of aromatic nitrogens is 2. The molecule has 130 valence electrons. The Morgan fingerprint density at radius 1 is 1.24 bits per heavy atom. The van der Waals surface area contributed by atoms with Crippen molar-refractivity contribution in [3.05, 3.63) is 59.8 Å². The maximum absolute atomic E-state index is 12.1. The summed E-state index contributed by atoms with van der Waals surface area (Å²) in [6.07, 6.45) is 3.00. The number of hydrogen-bond donors (Lipinski definition) is 1. The summed E-state index contributed by atoms with van der Waals surface area (Å²) in [5, 5.41) is 8.45. The molecule has 2 aromatic carbocycles. The smallest absolute Gasteiger partial charge is 0.221 e. The van der Waals surface area contributed by atoms with Gasteiger partial charge in [0.15, 0.2) is 0 Å². The topological polar surface area (TPSA) is 56.1 Å². The first-order valence-electron chi connectivity index (χ1n) is 8.48. The van der Waals surface area contributed by atoms with Crippen LogP contribution >= 0.6 is 0 Å². The van der Waals surface area contributed by atoms with Crippen LogP contribution in [0.5, 0.6) is 5.75 Å². The molecule has 0 unspecified atom stereocenters. The summed E-state index contributed by atoms with van der Waals surface area (Å²) in [7, 11) is 1.66. The van der Waals surface area contributed by atoms with E-state index in [4.69, 9.17) is 4.74 Å². The Bertz CT molecular complexity index is 870. The third-order valence-electron chi connectivity index (χ3n) is 4.26. The minimum Gasteiger partial charge on any atom is -0.496 e. The van der Waals surface area contributed by atoms with Gasteiger partial charge in [-0.1, -0.05) is 30.3 Å². The summed E-state index contributed by atoms with van der Waals surface area (Å²) in [5.41, 5.74) is 3.36. The molecule has 1 amide bonds. The van der Waals surface area contributed by atoms with Gasteiger partial charge in [-0.15, -0.1) is 0 Å². The van der Waals surface area contributed by atoms with Gasteiger partial charge in [0.05, 0.1) is 25.4 Å². The lowest BCUT2D eigenvalue weighted by Gasteiger charge is -2.09. The van der Waals surface area contributed by atoms with Gasteiger partial charge in [-0.05, 0) is 36.6 Å². The summed E-state index contributed by atoms with van der Waals surface area (Å²) in [6.45, 7) is 3.23. The van der Waals surface area contributed by atoms with Crippen LogP contribution in [0.15, 0.2) is 48.7 Å². The quantitative estimate of drug-likeness (QED) is 0.721. The number of amides is 1. The van der Waals surface area contributed by atoms with Gasteiger partial charge in [-0.3, -0.25) is 9.48 Å². The molecular weight excluding hydrogens is 314 g/mol. The number of methoxy groups -OCH3 is 1. The molecule has 5 nitrogen and oxygen atoms in total. The second-order valence-electron chi connectivity index (χ2n) is 6.09. The number of nitrogens with zero attached hydrogens (tertiary/aromatic N) is 2. The van der Waals surface area contributed by atoms with Crippen LogP contribution in [0, 0.1) is 6.92 Å². The number of ether oxygens (including phenoxy) is 1. The lowest BCUT2D eigenvalue weighted by Crippen LogP contribution is -2.26. The Hall–Kier alpha value is -2.82. The highest BCUT2D eigenvalue weighted by molar-refractivity contribution is 5.80. The molecule has 3 aromatic rings. The Balaban J connectivity index is 1.50. The van der Waals surface area contributed by atoms with Gasteiger partial charge in [0.2, 0.25) is 5.91 Å². The number of fused-ring (bicyclic) bond motifs is 1. The molecule has 0 bridgehead atoms. The van der Waals surface area contributed by atoms with Gasteiger partial charge in [0.25, 0.3) is 0 Å². The number of carbonyl (C=O) groups is 1. The van der Waals surface area contributed by atoms with Crippen LogP contribution in [0.4, 0.5) is 0 Å². The molecule has 0 aliphatic carbocycles. The highest BCUT2D eigenvalue weighted by Crippen LogP contribution is 2.17. The Morgan fingerprint density at radius 3 is 2.92 bits per heavy atom. The second kappa shape index (κ2) is 7.83. The average Bonchev–Trinajstić information content (AvgIpc) is 3.02. The van der Waals surface area contributed by atoms with Gasteiger partial charge in [-0.25, -0.2) is 0 Å². The molecule has 0 spiro atoms. The van der Waals surface area contributed by atoms with E-state index in [1.807, 2.05) is 35.1 Å². The van der Waals surface area contributed by atoms with Crippen molar-refractivity contribution < 1.29 is 9.53 Å². The molecular formula is C20H23N3O2. The van der Waals surface area contributed by atoms with E-state index >= 15 is 0 Å². The van der Waals surface area contributed by atoms with E-state index in [1.54, 1.807) is 7.11 Å². The first-order chi connectivity index (χ1) is 12.2. The van der Waals surface area contributed by atoms with Crippen LogP contribution in [0.2, 0.25) is 0 Å². The van der Waals surface area contributed by atoms with Crippen LogP contribution in [0.25, 0.3) is 10.9 Å². The van der Waals surface area contributed by atoms with Gasteiger partial charge < -0.3 is 10.1 Å². The van der Waals surface area contributed by atoms with Gasteiger partial charge in [0.1, 0.15) is 5.75 Å². The monoisotopic (exact) mass is 337 g/mol. The number of benzene rings is 2. The summed E-state index contributed by atoms with van der Waals surface area (Å²) in [6, 6.07) is 14.1. The lowest BCUT2D eigenvalue weighted by molar-refractivity contribution is -0.121. The number of nitrogens with one attached hydrogen (secondary N) is 1. The summed E-state index contributed by atoms with van der Waals surface area (Å²) >= 11 is 0. The molecule has 25 heavy (non-hydrogen) atoms. The predicted octanol–water partition coefficient (Wildman–Crippen LogP) is 3.10. The minimum atomic E-state index is 0.0335. The number of para-hydroxylation sites is 1. The fourth-order valence-corrected chi connectivity index (χ4v) is 2.90. The number of hydrogen-bond acceptors (Lipinski definition) is 3. The average molecular weight is 337 g/mol. The van der Waals surface area contributed by atoms with Crippen molar-refractivity contribution in [3.63, 3.8) is 0 Å². The summed E-state index contributed by atoms with van der Waals surface area (Å²) in [4.78, 5) is 12.1. The lowest BCUT2D eigenvalue weighted by atomic mass is 10.1. The minimum absolute atomic E-state index is 0.0335. The van der Waals surface area contributed by atoms with Crippen molar-refractivity contribution >= 4 is 16.8 Å². The predicted molar refractivity (Wildman–Crippen MR) is 98.8 cm³/mol. The normalized spacial score (nSPS) is 10.8. The first-order valence-corrected chi connectivity index (χ1v) is 8.48. The van der Waals surface area contributed by atoms with E-state index in [0.29, 0.717) is 19.5 Å². The van der Waals surface area contributed by atoms with Crippen molar-refractivity contribution in [2.24, 2.45) is 0 Å². The van der Waals surface area contributed by atoms with E-state index in [1.165, 1.54) is 5.56 Å². The van der Waals surface area contributed by atoms with Crippen molar-refractivity contribution in [1.82, 2.24) is 15.1 Å². The standard InChI is InChI=1S/C20H23N3O2/c1-15-7-8-17-14-22-23(18(17)13-15)12-10-20(24)21-11-9-16-5-3-4-6-19(16)25-2/h3-8,13-14H,9-12H2,1-2H3,(H,21,24). The van der Waals surface area contributed by atoms with Crippen LogP contribution in [-0.2, 0) is 17.8 Å². The Labute approximate surface area is 147 Å². The Kier molecular flexibility index (Phi) is 5.33. The molecule has 1 N–H and O–H groups in total. The molecule has 0 saturated heterocycles. The van der Waals surface area contributed by atoms with Crippen LogP contribution in [0.3, 0.4) is 0 Å². The largest absolute Gasteiger partial charge is 0.496 e. The third-order valence-corrected chi connectivity index (χ3v) is 4.26. The van der Waals surface area contributed by atoms with E-state index in [0.717, 1.165) is 28.6 Å². The molecule has 0 radical (unpaired) electrons. The van der Waals surface area contributed by atoms with Gasteiger partial charge in [-0.2, -0.15) is 5.10 Å². The zero-order valence-electron chi connectivity index (χ0n) is 14.7. The number of rotatable bonds is 7. The maximum atomic E-state index is 12.1. The summed E-state index contributed by atoms with van der Waals surface area (Å²) in [5.74, 6) is 0.890. The second-order valence-corrected chi connectivity index (χ2v) is 6.09. The number of aryl methyl sites for hydroxylation is 2. The van der Waals surface area contributed by atoms with Gasteiger partial charge in [0, 0.05) is 18.4 Å². The van der Waals surface area contributed by atoms with E-state index in [9.17, 15) is 4.79 Å². The van der Waals surface area contributed by atoms with Crippen LogP contribution in [-0.4, -0.2) is 29.3 Å².